The van der Waals surface area contributed by atoms with Crippen molar-refractivity contribution in [2.75, 3.05) is 13.1 Å². The van der Waals surface area contributed by atoms with E-state index in [9.17, 15) is 13.2 Å². The summed E-state index contributed by atoms with van der Waals surface area (Å²) in [6, 6.07) is 14.1. The molecule has 0 aliphatic carbocycles. The van der Waals surface area contributed by atoms with Crippen molar-refractivity contribution in [3.05, 3.63) is 70.8 Å². The summed E-state index contributed by atoms with van der Waals surface area (Å²) >= 11 is 0. The van der Waals surface area contributed by atoms with E-state index in [2.05, 4.69) is 29.2 Å². The first kappa shape index (κ1) is 18.9. The first-order chi connectivity index (χ1) is 12.3. The van der Waals surface area contributed by atoms with E-state index in [-0.39, 0.29) is 6.04 Å². The zero-order valence-corrected chi connectivity index (χ0v) is 15.0. The summed E-state index contributed by atoms with van der Waals surface area (Å²) in [5.74, 6) is 0.342. The molecule has 0 spiro atoms. The van der Waals surface area contributed by atoms with Gasteiger partial charge in [0.2, 0.25) is 0 Å². The minimum atomic E-state index is -4.26. The Kier molecular flexibility index (Phi) is 5.68. The molecular formula is C21H25F3N2. The highest BCUT2D eigenvalue weighted by atomic mass is 19.4. The molecule has 0 unspecified atom stereocenters. The second-order valence-electron chi connectivity index (χ2n) is 7.20. The van der Waals surface area contributed by atoms with Crippen LogP contribution in [0.5, 0.6) is 0 Å². The molecule has 140 valence electrons. The van der Waals surface area contributed by atoms with E-state index in [1.165, 1.54) is 17.7 Å². The van der Waals surface area contributed by atoms with Gasteiger partial charge in [0.05, 0.1) is 5.56 Å². The molecule has 2 nitrogen and oxygen atoms in total. The van der Waals surface area contributed by atoms with Crippen LogP contribution in [-0.2, 0) is 12.7 Å². The Morgan fingerprint density at radius 2 is 1.58 bits per heavy atom. The molecule has 1 saturated heterocycles. The van der Waals surface area contributed by atoms with Crippen LogP contribution >= 0.6 is 0 Å². The van der Waals surface area contributed by atoms with Crippen molar-refractivity contribution in [3.63, 3.8) is 0 Å². The third-order valence-electron chi connectivity index (χ3n) is 5.21. The molecule has 1 aliphatic rings. The molecule has 0 amide bonds. The standard InChI is InChI=1S/C21H25F3N2/c1-15(25)17-4-2-16(3-5-17)14-26-12-10-19(11-13-26)18-6-8-20(9-7-18)21(22,23)24/h2-9,15,19H,10-14,25H2,1H3/t15-/m1/s1. The molecular weight excluding hydrogens is 337 g/mol. The largest absolute Gasteiger partial charge is 0.416 e. The van der Waals surface area contributed by atoms with Crippen molar-refractivity contribution in [3.8, 4) is 0 Å². The van der Waals surface area contributed by atoms with Crippen molar-refractivity contribution in [1.29, 1.82) is 0 Å². The van der Waals surface area contributed by atoms with Crippen LogP contribution in [0.1, 0.15) is 54.0 Å². The average molecular weight is 362 g/mol. The lowest BCUT2D eigenvalue weighted by molar-refractivity contribution is -0.137. The lowest BCUT2D eigenvalue weighted by atomic mass is 9.89. The molecule has 0 saturated carbocycles. The normalized spacial score (nSPS) is 18.0. The van der Waals surface area contributed by atoms with Crippen LogP contribution in [0.4, 0.5) is 13.2 Å². The van der Waals surface area contributed by atoms with Crippen LogP contribution in [0.25, 0.3) is 0 Å². The van der Waals surface area contributed by atoms with Gasteiger partial charge in [-0.3, -0.25) is 4.90 Å². The molecule has 1 fully saturated rings. The smallest absolute Gasteiger partial charge is 0.324 e. The highest BCUT2D eigenvalue weighted by molar-refractivity contribution is 5.28. The highest BCUT2D eigenvalue weighted by Crippen LogP contribution is 2.33. The Bertz CT molecular complexity index is 698. The molecule has 0 bridgehead atoms. The molecule has 5 heteroatoms. The van der Waals surface area contributed by atoms with Crippen molar-refractivity contribution in [2.24, 2.45) is 5.73 Å². The van der Waals surface area contributed by atoms with Gasteiger partial charge in [0.15, 0.2) is 0 Å². The summed E-state index contributed by atoms with van der Waals surface area (Å²) in [4.78, 5) is 2.40. The fourth-order valence-electron chi connectivity index (χ4n) is 3.55. The summed E-state index contributed by atoms with van der Waals surface area (Å²) in [5.41, 5.74) is 8.72. The number of halogens is 3. The van der Waals surface area contributed by atoms with E-state index >= 15 is 0 Å². The minimum Gasteiger partial charge on any atom is -0.324 e. The first-order valence-corrected chi connectivity index (χ1v) is 9.07. The van der Waals surface area contributed by atoms with E-state index in [1.54, 1.807) is 12.1 Å². The van der Waals surface area contributed by atoms with Gasteiger partial charge in [0.25, 0.3) is 0 Å². The molecule has 26 heavy (non-hydrogen) atoms. The third-order valence-corrected chi connectivity index (χ3v) is 5.21. The number of alkyl halides is 3. The fraction of sp³-hybridized carbons (Fsp3) is 0.429. The molecule has 3 rings (SSSR count). The van der Waals surface area contributed by atoms with E-state index in [0.717, 1.165) is 43.6 Å². The molecule has 2 aromatic carbocycles. The number of likely N-dealkylation sites (tertiary alicyclic amines) is 1. The van der Waals surface area contributed by atoms with Gasteiger partial charge in [-0.2, -0.15) is 13.2 Å². The van der Waals surface area contributed by atoms with E-state index < -0.39 is 11.7 Å². The molecule has 0 radical (unpaired) electrons. The Morgan fingerprint density at radius 3 is 2.08 bits per heavy atom. The van der Waals surface area contributed by atoms with Crippen molar-refractivity contribution < 1.29 is 13.2 Å². The number of benzene rings is 2. The van der Waals surface area contributed by atoms with E-state index in [0.29, 0.717) is 5.92 Å². The van der Waals surface area contributed by atoms with Crippen LogP contribution in [0.2, 0.25) is 0 Å². The molecule has 1 aliphatic heterocycles. The predicted molar refractivity (Wildman–Crippen MR) is 97.7 cm³/mol. The van der Waals surface area contributed by atoms with Gasteiger partial charge in [0.1, 0.15) is 0 Å². The highest BCUT2D eigenvalue weighted by Gasteiger charge is 2.30. The molecule has 1 heterocycles. The van der Waals surface area contributed by atoms with E-state index in [4.69, 9.17) is 5.73 Å². The Labute approximate surface area is 152 Å². The van der Waals surface area contributed by atoms with Gasteiger partial charge in [-0.1, -0.05) is 36.4 Å². The van der Waals surface area contributed by atoms with Crippen LogP contribution < -0.4 is 5.73 Å². The number of hydrogen-bond donors (Lipinski definition) is 1. The number of piperidine rings is 1. The quantitative estimate of drug-likeness (QED) is 0.819. The number of hydrogen-bond acceptors (Lipinski definition) is 2. The fourth-order valence-corrected chi connectivity index (χ4v) is 3.55. The average Bonchev–Trinajstić information content (AvgIpc) is 2.62. The summed E-state index contributed by atoms with van der Waals surface area (Å²) in [6.45, 7) is 4.79. The van der Waals surface area contributed by atoms with Crippen LogP contribution in [0.3, 0.4) is 0 Å². The number of nitrogens with two attached hydrogens (primary N) is 1. The third kappa shape index (κ3) is 4.65. The maximum absolute atomic E-state index is 12.7. The SMILES string of the molecule is C[C@@H](N)c1ccc(CN2CCC(c3ccc(C(F)(F)F)cc3)CC2)cc1. The Hall–Kier alpha value is -1.85. The molecule has 2 aromatic rings. The zero-order valence-electron chi connectivity index (χ0n) is 15.0. The van der Waals surface area contributed by atoms with E-state index in [1.807, 2.05) is 6.92 Å². The lowest BCUT2D eigenvalue weighted by Crippen LogP contribution is -2.32. The maximum Gasteiger partial charge on any atom is 0.416 e. The maximum atomic E-state index is 12.7. The Balaban J connectivity index is 1.54. The molecule has 1 atom stereocenters. The Morgan fingerprint density at radius 1 is 1.00 bits per heavy atom. The van der Waals surface area contributed by atoms with Gasteiger partial charge < -0.3 is 5.73 Å². The monoisotopic (exact) mass is 362 g/mol. The van der Waals surface area contributed by atoms with Crippen LogP contribution in [-0.4, -0.2) is 18.0 Å². The van der Waals surface area contributed by atoms with Gasteiger partial charge >= 0.3 is 6.18 Å². The van der Waals surface area contributed by atoms with Crippen LogP contribution in [0, 0.1) is 0 Å². The first-order valence-electron chi connectivity index (χ1n) is 9.07. The molecule has 2 N–H and O–H groups in total. The number of nitrogens with zero attached hydrogens (tertiary/aromatic N) is 1. The van der Waals surface area contributed by atoms with Crippen molar-refractivity contribution in [1.82, 2.24) is 4.90 Å². The van der Waals surface area contributed by atoms with Gasteiger partial charge in [-0.05, 0) is 67.6 Å². The number of rotatable bonds is 4. The van der Waals surface area contributed by atoms with Crippen molar-refractivity contribution >= 4 is 0 Å². The minimum absolute atomic E-state index is 0.0449. The molecule has 0 aromatic heterocycles. The lowest BCUT2D eigenvalue weighted by Gasteiger charge is -2.32. The van der Waals surface area contributed by atoms with Gasteiger partial charge in [0, 0.05) is 12.6 Å². The summed E-state index contributed by atoms with van der Waals surface area (Å²) < 4.78 is 38.0. The summed E-state index contributed by atoms with van der Waals surface area (Å²) in [5, 5.41) is 0. The predicted octanol–water partition coefficient (Wildman–Crippen LogP) is 5.10. The van der Waals surface area contributed by atoms with Gasteiger partial charge in [-0.15, -0.1) is 0 Å². The van der Waals surface area contributed by atoms with Gasteiger partial charge in [-0.25, -0.2) is 0 Å². The van der Waals surface area contributed by atoms with Crippen LogP contribution in [0.15, 0.2) is 48.5 Å². The second-order valence-corrected chi connectivity index (χ2v) is 7.20. The van der Waals surface area contributed by atoms with Crippen molar-refractivity contribution in [2.45, 2.75) is 44.4 Å². The topological polar surface area (TPSA) is 29.3 Å². The zero-order chi connectivity index (χ0) is 18.7. The summed E-state index contributed by atoms with van der Waals surface area (Å²) in [6.07, 6.45) is -2.31. The summed E-state index contributed by atoms with van der Waals surface area (Å²) in [7, 11) is 0. The second kappa shape index (κ2) is 7.80.